The quantitative estimate of drug-likeness (QED) is 0.840. The van der Waals surface area contributed by atoms with Crippen molar-refractivity contribution in [2.75, 3.05) is 31.2 Å². The molecule has 3 heterocycles. The second-order valence-corrected chi connectivity index (χ2v) is 7.23. The van der Waals surface area contributed by atoms with E-state index in [1.807, 2.05) is 4.90 Å². The number of carboxylic acids is 1. The second-order valence-electron chi connectivity index (χ2n) is 7.23. The molecule has 0 radical (unpaired) electrons. The molecule has 2 aromatic rings. The van der Waals surface area contributed by atoms with Crippen molar-refractivity contribution in [3.05, 3.63) is 45.1 Å². The van der Waals surface area contributed by atoms with E-state index in [0.717, 1.165) is 29.0 Å². The number of anilines is 1. The summed E-state index contributed by atoms with van der Waals surface area (Å²) in [5.41, 5.74) is 7.25. The molecule has 1 aliphatic carbocycles. The van der Waals surface area contributed by atoms with Crippen LogP contribution >= 0.6 is 0 Å². The molecule has 27 heavy (non-hydrogen) atoms. The number of aromatic nitrogens is 1. The first-order valence-corrected chi connectivity index (χ1v) is 9.10. The van der Waals surface area contributed by atoms with Gasteiger partial charge in [-0.3, -0.25) is 9.20 Å². The van der Waals surface area contributed by atoms with E-state index in [4.69, 9.17) is 10.5 Å². The molecule has 1 aliphatic heterocycles. The molecule has 0 bridgehead atoms. The second kappa shape index (κ2) is 6.61. The highest BCUT2D eigenvalue weighted by molar-refractivity contribution is 5.89. The van der Waals surface area contributed by atoms with Gasteiger partial charge in [-0.15, -0.1) is 0 Å². The fraction of sp³-hybridized carbons (Fsp3) is 0.474. The molecule has 2 aliphatic rings. The number of nitrogens with two attached hydrogens (primary N) is 1. The fourth-order valence-corrected chi connectivity index (χ4v) is 4.00. The van der Waals surface area contributed by atoms with Gasteiger partial charge in [-0.1, -0.05) is 0 Å². The van der Waals surface area contributed by atoms with Crippen LogP contribution in [0, 0.1) is 12.7 Å². The van der Waals surface area contributed by atoms with Crippen LogP contribution in [0.2, 0.25) is 0 Å². The molecular formula is C19H22FN3O4. The molecule has 1 saturated heterocycles. The highest BCUT2D eigenvalue weighted by Crippen LogP contribution is 2.44. The smallest absolute Gasteiger partial charge is 0.341 e. The van der Waals surface area contributed by atoms with E-state index in [1.165, 1.54) is 6.07 Å². The normalized spacial score (nSPS) is 20.3. The summed E-state index contributed by atoms with van der Waals surface area (Å²) < 4.78 is 21.7. The zero-order chi connectivity index (χ0) is 19.3. The third kappa shape index (κ3) is 2.89. The zero-order valence-corrected chi connectivity index (χ0v) is 15.1. The highest BCUT2D eigenvalue weighted by Gasteiger charge is 2.32. The summed E-state index contributed by atoms with van der Waals surface area (Å²) in [6.45, 7) is 3.50. The van der Waals surface area contributed by atoms with Gasteiger partial charge in [0.05, 0.1) is 36.7 Å². The van der Waals surface area contributed by atoms with E-state index in [1.54, 1.807) is 6.92 Å². The molecule has 1 saturated carbocycles. The standard InChI is InChI=1S/C19H22FN3O4/c1-10-16-13(11-2-3-11)6-14(19(25)26)18(24)23(16)8-15(20)17(10)22-4-5-27-9-12(22)7-21/h6,8,11-12H,2-5,7,9,21H2,1H3,(H,25,26). The molecule has 3 N–H and O–H groups in total. The van der Waals surface area contributed by atoms with Gasteiger partial charge in [0.15, 0.2) is 5.82 Å². The number of carbonyl (C=O) groups is 1. The van der Waals surface area contributed by atoms with Crippen molar-refractivity contribution in [3.63, 3.8) is 0 Å². The Bertz CT molecular complexity index is 983. The first kappa shape index (κ1) is 17.9. The van der Waals surface area contributed by atoms with Crippen molar-refractivity contribution < 1.29 is 19.0 Å². The third-order valence-corrected chi connectivity index (χ3v) is 5.48. The van der Waals surface area contributed by atoms with Crippen molar-refractivity contribution in [2.45, 2.75) is 31.7 Å². The van der Waals surface area contributed by atoms with Crippen molar-refractivity contribution in [1.82, 2.24) is 4.40 Å². The van der Waals surface area contributed by atoms with E-state index >= 15 is 4.39 Å². The predicted octanol–water partition coefficient (Wildman–Crippen LogP) is 1.49. The summed E-state index contributed by atoms with van der Waals surface area (Å²) in [5, 5.41) is 9.37. The topological polar surface area (TPSA) is 97.3 Å². The SMILES string of the molecule is Cc1c(N2CCOCC2CN)c(F)cn2c(=O)c(C(=O)O)cc(C3CC3)c12. The van der Waals surface area contributed by atoms with Crippen LogP contribution in [0.1, 0.15) is 40.2 Å². The number of hydrogen-bond acceptors (Lipinski definition) is 5. The molecule has 8 heteroatoms. The van der Waals surface area contributed by atoms with Gasteiger partial charge in [-0.25, -0.2) is 9.18 Å². The minimum atomic E-state index is -1.30. The Labute approximate surface area is 155 Å². The molecule has 1 atom stereocenters. The lowest BCUT2D eigenvalue weighted by Crippen LogP contribution is -2.50. The molecule has 2 fully saturated rings. The molecule has 7 nitrogen and oxygen atoms in total. The number of pyridine rings is 2. The van der Waals surface area contributed by atoms with E-state index in [2.05, 4.69) is 0 Å². The van der Waals surface area contributed by atoms with Crippen LogP contribution in [0.4, 0.5) is 10.1 Å². The summed E-state index contributed by atoms with van der Waals surface area (Å²) in [7, 11) is 0. The zero-order valence-electron chi connectivity index (χ0n) is 15.1. The molecule has 0 amide bonds. The number of nitrogens with zero attached hydrogens (tertiary/aromatic N) is 2. The van der Waals surface area contributed by atoms with Crippen LogP contribution in [0.5, 0.6) is 0 Å². The van der Waals surface area contributed by atoms with Crippen molar-refractivity contribution in [3.8, 4) is 0 Å². The average Bonchev–Trinajstić information content (AvgIpc) is 3.47. The van der Waals surface area contributed by atoms with Crippen LogP contribution in [0.3, 0.4) is 0 Å². The Morgan fingerprint density at radius 3 is 2.81 bits per heavy atom. The summed E-state index contributed by atoms with van der Waals surface area (Å²) >= 11 is 0. The maximum Gasteiger partial charge on any atom is 0.341 e. The Balaban J connectivity index is 2.01. The molecular weight excluding hydrogens is 353 g/mol. The van der Waals surface area contributed by atoms with Crippen molar-refractivity contribution in [1.29, 1.82) is 0 Å². The van der Waals surface area contributed by atoms with E-state index < -0.39 is 17.3 Å². The first-order chi connectivity index (χ1) is 12.9. The van der Waals surface area contributed by atoms with Gasteiger partial charge >= 0.3 is 5.97 Å². The van der Waals surface area contributed by atoms with Crippen LogP contribution in [-0.4, -0.2) is 47.8 Å². The average molecular weight is 375 g/mol. The lowest BCUT2D eigenvalue weighted by Gasteiger charge is -2.38. The van der Waals surface area contributed by atoms with Crippen LogP contribution in [0.15, 0.2) is 17.1 Å². The van der Waals surface area contributed by atoms with Crippen molar-refractivity contribution in [2.24, 2.45) is 5.73 Å². The number of aryl methyl sites for hydroxylation is 1. The number of halogens is 1. The van der Waals surface area contributed by atoms with Gasteiger partial charge in [0, 0.05) is 13.1 Å². The number of morpholine rings is 1. The maximum atomic E-state index is 15.1. The number of hydrogen-bond donors (Lipinski definition) is 2. The van der Waals surface area contributed by atoms with E-state index in [9.17, 15) is 14.7 Å². The van der Waals surface area contributed by atoms with Gasteiger partial charge in [-0.2, -0.15) is 0 Å². The molecule has 144 valence electrons. The maximum absolute atomic E-state index is 15.1. The number of rotatable bonds is 4. The Morgan fingerprint density at radius 2 is 2.19 bits per heavy atom. The van der Waals surface area contributed by atoms with Gasteiger partial charge in [0.1, 0.15) is 5.56 Å². The minimum absolute atomic E-state index is 0.149. The largest absolute Gasteiger partial charge is 0.477 e. The minimum Gasteiger partial charge on any atom is -0.477 e. The summed E-state index contributed by atoms with van der Waals surface area (Å²) in [6, 6.07) is 1.32. The van der Waals surface area contributed by atoms with Gasteiger partial charge in [0.2, 0.25) is 0 Å². The Morgan fingerprint density at radius 1 is 1.44 bits per heavy atom. The lowest BCUT2D eigenvalue weighted by molar-refractivity contribution is 0.0694. The first-order valence-electron chi connectivity index (χ1n) is 9.10. The summed E-state index contributed by atoms with van der Waals surface area (Å²) in [4.78, 5) is 26.0. The molecule has 1 unspecified atom stereocenters. The van der Waals surface area contributed by atoms with Crippen molar-refractivity contribution >= 4 is 17.2 Å². The van der Waals surface area contributed by atoms with Gasteiger partial charge in [-0.05, 0) is 42.9 Å². The fourth-order valence-electron chi connectivity index (χ4n) is 4.00. The van der Waals surface area contributed by atoms with Gasteiger partial charge < -0.3 is 20.5 Å². The number of ether oxygens (including phenoxy) is 1. The Hall–Kier alpha value is -2.45. The number of fused-ring (bicyclic) bond motifs is 1. The van der Waals surface area contributed by atoms with Crippen LogP contribution in [0.25, 0.3) is 5.52 Å². The Kier molecular flexibility index (Phi) is 4.39. The monoisotopic (exact) mass is 375 g/mol. The van der Waals surface area contributed by atoms with Crippen LogP contribution < -0.4 is 16.2 Å². The summed E-state index contributed by atoms with van der Waals surface area (Å²) in [5.74, 6) is -1.66. The molecule has 2 aromatic heterocycles. The van der Waals surface area contributed by atoms with Gasteiger partial charge in [0.25, 0.3) is 5.56 Å². The number of carboxylic acid groups (broad SMARTS) is 1. The molecule has 4 rings (SSSR count). The number of aromatic carboxylic acids is 1. The predicted molar refractivity (Wildman–Crippen MR) is 98.3 cm³/mol. The van der Waals surface area contributed by atoms with E-state index in [-0.39, 0.29) is 17.5 Å². The van der Waals surface area contributed by atoms with E-state index in [0.29, 0.717) is 43.1 Å². The molecule has 0 spiro atoms. The molecule has 0 aromatic carbocycles. The van der Waals surface area contributed by atoms with Crippen LogP contribution in [-0.2, 0) is 4.74 Å². The summed E-state index contributed by atoms with van der Waals surface area (Å²) in [6.07, 6.45) is 2.98. The lowest BCUT2D eigenvalue weighted by atomic mass is 10.0. The third-order valence-electron chi connectivity index (χ3n) is 5.48. The highest BCUT2D eigenvalue weighted by atomic mass is 19.1.